The summed E-state index contributed by atoms with van der Waals surface area (Å²) >= 11 is 15.8. The normalized spacial score (nSPS) is 9.69. The van der Waals surface area contributed by atoms with Gasteiger partial charge in [-0.1, -0.05) is 29.5 Å². The van der Waals surface area contributed by atoms with Crippen LogP contribution in [0, 0.1) is 11.8 Å². The number of nitrogens with zero attached hydrogens (tertiary/aromatic N) is 2. The van der Waals surface area contributed by atoms with Crippen molar-refractivity contribution in [3.05, 3.63) is 29.3 Å². The molecule has 0 radical (unpaired) electrons. The molecule has 144 valence electrons. The number of thiocarbonyl (C=S) groups is 1. The molecule has 0 fully saturated rings. The highest BCUT2D eigenvalue weighted by Gasteiger charge is 2.15. The lowest BCUT2D eigenvalue weighted by Gasteiger charge is -2.29. The Balaban J connectivity index is 0.000000541. The number of alkyl halides is 1. The molecule has 1 rings (SSSR count). The molecular formula is C18H24Cl2N2O3S. The second kappa shape index (κ2) is 12.6. The Morgan fingerprint density at radius 1 is 1.19 bits per heavy atom. The number of anilines is 1. The molecule has 0 aliphatic rings. The highest BCUT2D eigenvalue weighted by Crippen LogP contribution is 2.19. The first-order valence-corrected chi connectivity index (χ1v) is 9.22. The molecule has 8 heteroatoms. The van der Waals surface area contributed by atoms with E-state index in [9.17, 15) is 4.79 Å². The molecule has 0 saturated heterocycles. The first kappa shape index (κ1) is 24.3. The van der Waals surface area contributed by atoms with Crippen LogP contribution in [0.25, 0.3) is 0 Å². The minimum absolute atomic E-state index is 0.00926. The summed E-state index contributed by atoms with van der Waals surface area (Å²) in [6.07, 6.45) is -1.08. The summed E-state index contributed by atoms with van der Waals surface area (Å²) in [6.45, 7) is 8.08. The number of rotatable bonds is 4. The van der Waals surface area contributed by atoms with Crippen LogP contribution in [-0.4, -0.2) is 50.9 Å². The molecule has 1 amide bonds. The third-order valence-electron chi connectivity index (χ3n) is 3.11. The minimum atomic E-state index is -1.08. The van der Waals surface area contributed by atoms with Crippen LogP contribution in [0.5, 0.6) is 0 Å². The van der Waals surface area contributed by atoms with Gasteiger partial charge in [0.2, 0.25) is 0 Å². The quantitative estimate of drug-likeness (QED) is 0.408. The van der Waals surface area contributed by atoms with Crippen LogP contribution < -0.4 is 4.90 Å². The first-order chi connectivity index (χ1) is 12.1. The highest BCUT2D eigenvalue weighted by atomic mass is 35.5. The van der Waals surface area contributed by atoms with E-state index in [0.29, 0.717) is 10.7 Å². The minimum Gasteiger partial charge on any atom is -0.486 e. The van der Waals surface area contributed by atoms with Gasteiger partial charge in [0.25, 0.3) is 5.17 Å². The molecule has 26 heavy (non-hydrogen) atoms. The number of benzene rings is 1. The third-order valence-corrected chi connectivity index (χ3v) is 3.69. The number of hydrogen-bond donors (Lipinski definition) is 2. The summed E-state index contributed by atoms with van der Waals surface area (Å²) in [5.41, 5.74) is 0.490. The van der Waals surface area contributed by atoms with Crippen molar-refractivity contribution < 1.29 is 15.0 Å². The van der Waals surface area contributed by atoms with Crippen LogP contribution in [0.3, 0.4) is 0 Å². The number of aliphatic hydroxyl groups excluding tert-OH is 1. The van der Waals surface area contributed by atoms with E-state index in [1.807, 2.05) is 27.7 Å². The molecule has 0 saturated carbocycles. The van der Waals surface area contributed by atoms with E-state index in [1.54, 1.807) is 29.2 Å². The van der Waals surface area contributed by atoms with Crippen molar-refractivity contribution >= 4 is 52.4 Å². The maximum Gasteiger partial charge on any atom is 0.412 e. The second-order valence-electron chi connectivity index (χ2n) is 5.71. The number of amides is 1. The van der Waals surface area contributed by atoms with Gasteiger partial charge in [-0.2, -0.15) is 0 Å². The summed E-state index contributed by atoms with van der Waals surface area (Å²) in [7, 11) is 0. The number of carboxylic acid groups (broad SMARTS) is 1. The van der Waals surface area contributed by atoms with Gasteiger partial charge in [0.05, 0.1) is 12.4 Å². The lowest BCUT2D eigenvalue weighted by atomic mass is 10.2. The first-order valence-electron chi connectivity index (χ1n) is 7.90. The zero-order chi connectivity index (χ0) is 20.3. The maximum absolute atomic E-state index is 11.0. The molecular weight excluding hydrogens is 395 g/mol. The Bertz CT molecular complexity index is 649. The Hall–Kier alpha value is -1.68. The van der Waals surface area contributed by atoms with Crippen molar-refractivity contribution in [2.45, 2.75) is 39.8 Å². The van der Waals surface area contributed by atoms with E-state index in [2.05, 4.69) is 24.1 Å². The summed E-state index contributed by atoms with van der Waals surface area (Å²) < 4.78 is 0. The Morgan fingerprint density at radius 3 is 2.12 bits per heavy atom. The van der Waals surface area contributed by atoms with Gasteiger partial charge in [0.15, 0.2) is 0 Å². The zero-order valence-corrected chi connectivity index (χ0v) is 17.6. The molecule has 0 atom stereocenters. The second-order valence-corrected chi connectivity index (χ2v) is 6.78. The molecule has 2 N–H and O–H groups in total. The van der Waals surface area contributed by atoms with E-state index in [4.69, 9.17) is 33.4 Å². The van der Waals surface area contributed by atoms with Gasteiger partial charge < -0.3 is 15.1 Å². The van der Waals surface area contributed by atoms with Crippen molar-refractivity contribution in [1.29, 1.82) is 0 Å². The fourth-order valence-corrected chi connectivity index (χ4v) is 2.83. The monoisotopic (exact) mass is 418 g/mol. The number of aliphatic hydroxyl groups is 1. The zero-order valence-electron chi connectivity index (χ0n) is 15.2. The largest absolute Gasteiger partial charge is 0.486 e. The van der Waals surface area contributed by atoms with Crippen LogP contribution >= 0.6 is 35.4 Å². The van der Waals surface area contributed by atoms with Gasteiger partial charge in [-0.05, 0) is 58.1 Å². The van der Waals surface area contributed by atoms with Gasteiger partial charge in [0, 0.05) is 22.8 Å². The predicted octanol–water partition coefficient (Wildman–Crippen LogP) is 5.01. The predicted molar refractivity (Wildman–Crippen MR) is 113 cm³/mol. The van der Waals surface area contributed by atoms with E-state index < -0.39 is 6.09 Å². The summed E-state index contributed by atoms with van der Waals surface area (Å²) in [4.78, 5) is 13.9. The average Bonchev–Trinajstić information content (AvgIpc) is 2.50. The van der Waals surface area contributed by atoms with E-state index in [1.165, 1.54) is 0 Å². The number of halogens is 2. The fraction of sp³-hybridized carbons (Fsp3) is 0.444. The van der Waals surface area contributed by atoms with Crippen LogP contribution in [0.1, 0.15) is 27.7 Å². The Labute approximate surface area is 170 Å². The van der Waals surface area contributed by atoms with Gasteiger partial charge in [-0.3, -0.25) is 4.90 Å². The van der Waals surface area contributed by atoms with Crippen molar-refractivity contribution in [1.82, 2.24) is 4.90 Å². The molecule has 1 aromatic rings. The molecule has 1 aromatic carbocycles. The van der Waals surface area contributed by atoms with Crippen LogP contribution in [-0.2, 0) is 0 Å². The summed E-state index contributed by atoms with van der Waals surface area (Å²) in [6, 6.07) is 7.13. The van der Waals surface area contributed by atoms with Crippen LogP contribution in [0.15, 0.2) is 24.3 Å². The van der Waals surface area contributed by atoms with Crippen LogP contribution in [0.4, 0.5) is 10.5 Å². The van der Waals surface area contributed by atoms with Crippen molar-refractivity contribution in [2.24, 2.45) is 0 Å². The number of carbonyl (C=O) groups is 1. The lowest BCUT2D eigenvalue weighted by molar-refractivity contribution is 0.202. The Morgan fingerprint density at radius 2 is 1.77 bits per heavy atom. The van der Waals surface area contributed by atoms with Crippen molar-refractivity contribution in [3.63, 3.8) is 0 Å². The van der Waals surface area contributed by atoms with Crippen LogP contribution in [0.2, 0.25) is 5.02 Å². The average molecular weight is 419 g/mol. The standard InChI is InChI=1S/C11H9Cl2NO2.C7H15NOS/c12-6-1-2-7-14(11(15)16)10-5-3-4-9(13)8-10;1-5(2)8(6(3)4)7(9)10/h3-5,8H,6-7H2,(H,15,16);5-6H,1-4H3,(H,9,10). The molecule has 0 aliphatic heterocycles. The third kappa shape index (κ3) is 9.14. The van der Waals surface area contributed by atoms with Gasteiger partial charge in [0.1, 0.15) is 0 Å². The lowest BCUT2D eigenvalue weighted by Crippen LogP contribution is -2.40. The summed E-state index contributed by atoms with van der Waals surface area (Å²) in [5, 5.41) is 18.5. The van der Waals surface area contributed by atoms with E-state index in [-0.39, 0.29) is 29.7 Å². The SMILES string of the molecule is CC(C)N(C(O)=S)C(C)C.O=C(O)N(CC#CCCl)c1cccc(Cl)c1. The highest BCUT2D eigenvalue weighted by molar-refractivity contribution is 7.79. The van der Waals surface area contributed by atoms with Crippen molar-refractivity contribution in [3.8, 4) is 11.8 Å². The van der Waals surface area contributed by atoms with E-state index in [0.717, 1.165) is 4.90 Å². The summed E-state index contributed by atoms with van der Waals surface area (Å²) in [5.74, 6) is 5.43. The van der Waals surface area contributed by atoms with Gasteiger partial charge in [-0.15, -0.1) is 11.6 Å². The van der Waals surface area contributed by atoms with E-state index >= 15 is 0 Å². The maximum atomic E-state index is 11.0. The van der Waals surface area contributed by atoms with Gasteiger partial charge in [-0.25, -0.2) is 4.79 Å². The van der Waals surface area contributed by atoms with Gasteiger partial charge >= 0.3 is 6.09 Å². The molecule has 0 spiro atoms. The smallest absolute Gasteiger partial charge is 0.412 e. The molecule has 0 bridgehead atoms. The van der Waals surface area contributed by atoms with Crippen molar-refractivity contribution in [2.75, 3.05) is 17.3 Å². The molecule has 0 unspecified atom stereocenters. The molecule has 5 nitrogen and oxygen atoms in total. The Kier molecular flexibility index (Phi) is 11.8. The topological polar surface area (TPSA) is 64.0 Å². The fourth-order valence-electron chi connectivity index (χ4n) is 2.13. The molecule has 0 heterocycles. The molecule has 0 aromatic heterocycles. The molecule has 0 aliphatic carbocycles. The number of hydrogen-bond acceptors (Lipinski definition) is 2.